The van der Waals surface area contributed by atoms with Crippen LogP contribution in [0.5, 0.6) is 5.75 Å². The van der Waals surface area contributed by atoms with E-state index in [1.54, 1.807) is 12.1 Å². The Morgan fingerprint density at radius 2 is 1.55 bits per heavy atom. The number of hydrogen-bond donors (Lipinski definition) is 0. The minimum Gasteiger partial charge on any atom is -0.872 e. The van der Waals surface area contributed by atoms with Crippen molar-refractivity contribution >= 4 is 24.4 Å². The molecule has 0 heterocycles. The van der Waals surface area contributed by atoms with Crippen LogP contribution >= 0.6 is 0 Å². The Morgan fingerprint density at radius 3 is 1.82 bits per heavy atom. The fourth-order valence-electron chi connectivity index (χ4n) is 0.538. The van der Waals surface area contributed by atoms with E-state index in [1.165, 1.54) is 0 Å². The summed E-state index contributed by atoms with van der Waals surface area (Å²) in [6.07, 6.45) is 0. The molecule has 0 saturated carbocycles. The first-order valence-electron chi connectivity index (χ1n) is 2.53. The van der Waals surface area contributed by atoms with Crippen LogP contribution in [-0.2, 0) is 0 Å². The minimum atomic E-state index is 0. The van der Waals surface area contributed by atoms with Crippen molar-refractivity contribution in [3.8, 4) is 5.75 Å². The van der Waals surface area contributed by atoms with E-state index in [-0.39, 0.29) is 42.6 Å². The third kappa shape index (κ3) is 6.17. The van der Waals surface area contributed by atoms with Crippen molar-refractivity contribution < 1.29 is 17.5 Å². The van der Waals surface area contributed by atoms with Crippen LogP contribution in [0.1, 0.15) is 6.99 Å². The molecule has 0 unspecified atom stereocenters. The quantitative estimate of drug-likeness (QED) is 0.615. The van der Waals surface area contributed by atoms with Crippen molar-refractivity contribution in [2.24, 2.45) is 0 Å². The molecule has 4 heteroatoms. The van der Waals surface area contributed by atoms with Gasteiger partial charge in [0.15, 0.2) is 0 Å². The van der Waals surface area contributed by atoms with Crippen LogP contribution in [0.25, 0.3) is 0 Å². The SMILES string of the molecule is Cc1ccc([O-])cc1.O.[HH].[OH-].[Sb]. The average molecular weight is 266 g/mol. The second-order valence-electron chi connectivity index (χ2n) is 1.81. The Balaban J connectivity index is -0.0000000800. The predicted octanol–water partition coefficient (Wildman–Crippen LogP) is -0.0677. The normalized spacial score (nSPS) is 6.64. The molecule has 3 N–H and O–H groups in total. The van der Waals surface area contributed by atoms with Crippen LogP contribution in [0.2, 0.25) is 0 Å². The summed E-state index contributed by atoms with van der Waals surface area (Å²) < 4.78 is 0. The number of aryl methyl sites for hydroxylation is 1. The zero-order valence-electron chi connectivity index (χ0n) is 6.11. The van der Waals surface area contributed by atoms with Crippen molar-refractivity contribution in [1.82, 2.24) is 0 Å². The Labute approximate surface area is 84.6 Å². The zero-order chi connectivity index (χ0) is 5.98. The maximum Gasteiger partial charge on any atom is 0 e. The van der Waals surface area contributed by atoms with Gasteiger partial charge in [-0.1, -0.05) is 29.8 Å². The van der Waals surface area contributed by atoms with Gasteiger partial charge in [-0.3, -0.25) is 0 Å². The summed E-state index contributed by atoms with van der Waals surface area (Å²) >= 11 is 0. The van der Waals surface area contributed by atoms with E-state index in [9.17, 15) is 5.11 Å². The van der Waals surface area contributed by atoms with Crippen molar-refractivity contribution in [2.75, 3.05) is 0 Å². The number of hydrogen-bond acceptors (Lipinski definition) is 2. The van der Waals surface area contributed by atoms with E-state index in [0.29, 0.717) is 0 Å². The van der Waals surface area contributed by atoms with Crippen molar-refractivity contribution in [3.05, 3.63) is 29.8 Å². The Morgan fingerprint density at radius 1 is 1.18 bits per heavy atom. The maximum absolute atomic E-state index is 10.4. The van der Waals surface area contributed by atoms with Gasteiger partial charge in [-0.05, 0) is 6.92 Å². The fourth-order valence-corrected chi connectivity index (χ4v) is 0.538. The number of benzene rings is 1. The molecule has 0 aliphatic carbocycles. The molecule has 0 bridgehead atoms. The van der Waals surface area contributed by atoms with E-state index in [0.717, 1.165) is 5.56 Å². The van der Waals surface area contributed by atoms with Crippen LogP contribution in [0.3, 0.4) is 0 Å². The van der Waals surface area contributed by atoms with Crippen molar-refractivity contribution in [3.63, 3.8) is 0 Å². The van der Waals surface area contributed by atoms with Crippen LogP contribution in [0.4, 0.5) is 0 Å². The van der Waals surface area contributed by atoms with Gasteiger partial charge in [0.2, 0.25) is 0 Å². The molecule has 0 aromatic heterocycles. The summed E-state index contributed by atoms with van der Waals surface area (Å²) in [5.74, 6) is 0.0793. The third-order valence-corrected chi connectivity index (χ3v) is 1.02. The molecule has 1 aromatic carbocycles. The van der Waals surface area contributed by atoms with Gasteiger partial charge in [0.05, 0.1) is 0 Å². The van der Waals surface area contributed by atoms with Gasteiger partial charge >= 0.3 is 0 Å². The summed E-state index contributed by atoms with van der Waals surface area (Å²) in [5, 5.41) is 10.4. The van der Waals surface area contributed by atoms with Gasteiger partial charge in [-0.15, -0.1) is 5.75 Å². The molecule has 0 amide bonds. The second kappa shape index (κ2) is 7.86. The maximum atomic E-state index is 10.4. The minimum absolute atomic E-state index is 0. The van der Waals surface area contributed by atoms with E-state index >= 15 is 0 Å². The summed E-state index contributed by atoms with van der Waals surface area (Å²) in [6.45, 7) is 1.96. The monoisotopic (exact) mass is 265 g/mol. The standard InChI is InChI=1S/C7H8O.2H2O.Sb.H2/c1-6-2-4-7(8)5-3-6;;;;/h2-5,8H,1H3;2*1H2;;1H/p-2. The van der Waals surface area contributed by atoms with E-state index < -0.39 is 0 Å². The first-order chi connectivity index (χ1) is 3.79. The Bertz CT molecular complexity index is 158. The molecule has 11 heavy (non-hydrogen) atoms. The largest absolute Gasteiger partial charge is 0.872 e. The smallest absolute Gasteiger partial charge is 0 e. The summed E-state index contributed by atoms with van der Waals surface area (Å²) in [7, 11) is 0. The molecule has 65 valence electrons. The summed E-state index contributed by atoms with van der Waals surface area (Å²) in [6, 6.07) is 6.75. The third-order valence-electron chi connectivity index (χ3n) is 1.02. The molecule has 0 saturated heterocycles. The molecule has 3 radical (unpaired) electrons. The molecule has 0 atom stereocenters. The van der Waals surface area contributed by atoms with Gasteiger partial charge in [-0.25, -0.2) is 0 Å². The van der Waals surface area contributed by atoms with Crippen LogP contribution < -0.4 is 5.11 Å². The molecule has 0 aliphatic heterocycles. The van der Waals surface area contributed by atoms with E-state index in [4.69, 9.17) is 0 Å². The molecule has 0 spiro atoms. The molecule has 0 fully saturated rings. The molecule has 1 aromatic rings. The zero-order valence-corrected chi connectivity index (χ0v) is 8.66. The molecule has 3 nitrogen and oxygen atoms in total. The van der Waals surface area contributed by atoms with Gasteiger partial charge in [0.25, 0.3) is 0 Å². The topological polar surface area (TPSA) is 84.6 Å². The second-order valence-corrected chi connectivity index (χ2v) is 1.81. The van der Waals surface area contributed by atoms with Gasteiger partial charge < -0.3 is 16.1 Å². The van der Waals surface area contributed by atoms with Crippen LogP contribution in [-0.4, -0.2) is 35.4 Å². The van der Waals surface area contributed by atoms with Gasteiger partial charge in [0.1, 0.15) is 0 Å². The number of rotatable bonds is 0. The Kier molecular flexibility index (Phi) is 12.2. The molecular weight excluding hydrogens is 254 g/mol. The van der Waals surface area contributed by atoms with Gasteiger partial charge in [0, 0.05) is 25.9 Å². The average Bonchev–Trinajstić information content (AvgIpc) is 1.77. The predicted molar refractivity (Wildman–Crippen MR) is 44.0 cm³/mol. The van der Waals surface area contributed by atoms with E-state index in [1.807, 2.05) is 19.1 Å². The van der Waals surface area contributed by atoms with Crippen LogP contribution in [0.15, 0.2) is 24.3 Å². The van der Waals surface area contributed by atoms with E-state index in [2.05, 4.69) is 0 Å². The molecule has 1 rings (SSSR count). The van der Waals surface area contributed by atoms with Gasteiger partial charge in [-0.2, -0.15) is 0 Å². The summed E-state index contributed by atoms with van der Waals surface area (Å²) in [4.78, 5) is 0. The Hall–Kier alpha value is -0.242. The first kappa shape index (κ1) is 17.0. The molecular formula is C7H12O3Sb-2. The summed E-state index contributed by atoms with van der Waals surface area (Å²) in [5.41, 5.74) is 1.13. The first-order valence-corrected chi connectivity index (χ1v) is 2.53. The molecule has 0 aliphatic rings. The van der Waals surface area contributed by atoms with Crippen LogP contribution in [0, 0.1) is 6.92 Å². The van der Waals surface area contributed by atoms with Crippen molar-refractivity contribution in [1.29, 1.82) is 0 Å². The fraction of sp³-hybridized carbons (Fsp3) is 0.143. The van der Waals surface area contributed by atoms with Crippen molar-refractivity contribution in [2.45, 2.75) is 6.92 Å².